The molecule has 1 atom stereocenters. The van der Waals surface area contributed by atoms with Crippen LogP contribution in [0.1, 0.15) is 24.0 Å². The van der Waals surface area contributed by atoms with E-state index in [1.165, 1.54) is 0 Å². The standard InChI is InChI=1S/C14H19NO3S/c1-11-4-2-3-5-13(11)9-15-14(16)8-12-6-7-19(17,18)10-12/h2-5,12H,6-10H2,1H3,(H,15,16)/t12-/m0/s1. The third-order valence-electron chi connectivity index (χ3n) is 3.54. The van der Waals surface area contributed by atoms with Crippen LogP contribution in [0.25, 0.3) is 0 Å². The SMILES string of the molecule is Cc1ccccc1CNC(=O)C[C@@H]1CCS(=O)(=O)C1. The molecule has 0 aliphatic carbocycles. The zero-order chi connectivity index (χ0) is 13.9. The molecule has 1 amide bonds. The molecule has 4 nitrogen and oxygen atoms in total. The van der Waals surface area contributed by atoms with Gasteiger partial charge >= 0.3 is 0 Å². The molecule has 2 rings (SSSR count). The van der Waals surface area contributed by atoms with E-state index in [-0.39, 0.29) is 23.3 Å². The number of aryl methyl sites for hydroxylation is 1. The summed E-state index contributed by atoms with van der Waals surface area (Å²) in [7, 11) is -2.89. The molecule has 1 aliphatic heterocycles. The van der Waals surface area contributed by atoms with Crippen molar-refractivity contribution in [3.8, 4) is 0 Å². The van der Waals surface area contributed by atoms with E-state index in [1.807, 2.05) is 31.2 Å². The molecule has 1 fully saturated rings. The van der Waals surface area contributed by atoms with Gasteiger partial charge in [0.25, 0.3) is 0 Å². The van der Waals surface area contributed by atoms with E-state index in [1.54, 1.807) is 0 Å². The fourth-order valence-electron chi connectivity index (χ4n) is 2.37. The van der Waals surface area contributed by atoms with Crippen LogP contribution in [0.4, 0.5) is 0 Å². The number of carbonyl (C=O) groups excluding carboxylic acids is 1. The van der Waals surface area contributed by atoms with Gasteiger partial charge in [-0.05, 0) is 30.4 Å². The zero-order valence-corrected chi connectivity index (χ0v) is 11.9. The van der Waals surface area contributed by atoms with Gasteiger partial charge < -0.3 is 5.32 Å². The van der Waals surface area contributed by atoms with Crippen LogP contribution in [0.15, 0.2) is 24.3 Å². The lowest BCUT2D eigenvalue weighted by molar-refractivity contribution is -0.122. The first-order chi connectivity index (χ1) is 8.96. The third-order valence-corrected chi connectivity index (χ3v) is 5.38. The zero-order valence-electron chi connectivity index (χ0n) is 11.1. The summed E-state index contributed by atoms with van der Waals surface area (Å²) < 4.78 is 22.6. The highest BCUT2D eigenvalue weighted by atomic mass is 32.2. The van der Waals surface area contributed by atoms with Crippen molar-refractivity contribution in [2.24, 2.45) is 5.92 Å². The smallest absolute Gasteiger partial charge is 0.220 e. The summed E-state index contributed by atoms with van der Waals surface area (Å²) in [5.41, 5.74) is 2.24. The quantitative estimate of drug-likeness (QED) is 0.908. The van der Waals surface area contributed by atoms with Gasteiger partial charge in [-0.3, -0.25) is 4.79 Å². The molecule has 1 aliphatic rings. The average molecular weight is 281 g/mol. The summed E-state index contributed by atoms with van der Waals surface area (Å²) in [4.78, 5) is 11.8. The lowest BCUT2D eigenvalue weighted by Gasteiger charge is -2.10. The van der Waals surface area contributed by atoms with E-state index in [0.29, 0.717) is 19.4 Å². The normalized spacial score (nSPS) is 21.2. The maximum atomic E-state index is 11.8. The van der Waals surface area contributed by atoms with Gasteiger partial charge in [0.1, 0.15) is 0 Å². The first-order valence-corrected chi connectivity index (χ1v) is 8.30. The van der Waals surface area contributed by atoms with Crippen LogP contribution in [-0.2, 0) is 21.2 Å². The van der Waals surface area contributed by atoms with Gasteiger partial charge in [-0.2, -0.15) is 0 Å². The van der Waals surface area contributed by atoms with Crippen LogP contribution < -0.4 is 5.32 Å². The molecule has 104 valence electrons. The largest absolute Gasteiger partial charge is 0.352 e. The van der Waals surface area contributed by atoms with E-state index in [4.69, 9.17) is 0 Å². The summed E-state index contributed by atoms with van der Waals surface area (Å²) in [6.45, 7) is 2.51. The number of sulfone groups is 1. The van der Waals surface area contributed by atoms with Gasteiger partial charge in [-0.25, -0.2) is 8.42 Å². The number of amides is 1. The molecule has 0 saturated carbocycles. The second-order valence-electron chi connectivity index (χ2n) is 5.18. The highest BCUT2D eigenvalue weighted by molar-refractivity contribution is 7.91. The van der Waals surface area contributed by atoms with E-state index < -0.39 is 9.84 Å². The Bertz CT molecular complexity index is 566. The Morgan fingerprint density at radius 3 is 2.74 bits per heavy atom. The van der Waals surface area contributed by atoms with Gasteiger partial charge in [-0.1, -0.05) is 24.3 Å². The van der Waals surface area contributed by atoms with Crippen LogP contribution in [-0.4, -0.2) is 25.8 Å². The number of nitrogens with one attached hydrogen (secondary N) is 1. The van der Waals surface area contributed by atoms with Crippen molar-refractivity contribution in [2.75, 3.05) is 11.5 Å². The molecular formula is C14H19NO3S. The number of rotatable bonds is 4. The number of hydrogen-bond donors (Lipinski definition) is 1. The number of benzene rings is 1. The molecule has 0 bridgehead atoms. The fraction of sp³-hybridized carbons (Fsp3) is 0.500. The molecule has 1 saturated heterocycles. The van der Waals surface area contributed by atoms with E-state index in [9.17, 15) is 13.2 Å². The van der Waals surface area contributed by atoms with Crippen molar-refractivity contribution < 1.29 is 13.2 Å². The topological polar surface area (TPSA) is 63.2 Å². The van der Waals surface area contributed by atoms with Crippen molar-refractivity contribution in [1.29, 1.82) is 0 Å². The summed E-state index contributed by atoms with van der Waals surface area (Å²) in [6.07, 6.45) is 0.922. The number of carbonyl (C=O) groups is 1. The molecule has 5 heteroatoms. The predicted molar refractivity (Wildman–Crippen MR) is 74.4 cm³/mol. The van der Waals surface area contributed by atoms with Crippen molar-refractivity contribution in [3.63, 3.8) is 0 Å². The van der Waals surface area contributed by atoms with E-state index >= 15 is 0 Å². The second-order valence-corrected chi connectivity index (χ2v) is 7.41. The van der Waals surface area contributed by atoms with Gasteiger partial charge in [0.15, 0.2) is 9.84 Å². The highest BCUT2D eigenvalue weighted by Crippen LogP contribution is 2.21. The van der Waals surface area contributed by atoms with Gasteiger partial charge in [0, 0.05) is 13.0 Å². The Morgan fingerprint density at radius 2 is 2.11 bits per heavy atom. The highest BCUT2D eigenvalue weighted by Gasteiger charge is 2.29. The molecule has 1 heterocycles. The molecular weight excluding hydrogens is 262 g/mol. The molecule has 1 N–H and O–H groups in total. The first-order valence-electron chi connectivity index (χ1n) is 6.48. The van der Waals surface area contributed by atoms with Crippen LogP contribution in [0, 0.1) is 12.8 Å². The Kier molecular flexibility index (Phi) is 4.24. The minimum Gasteiger partial charge on any atom is -0.352 e. The molecule has 0 unspecified atom stereocenters. The third kappa shape index (κ3) is 4.06. The van der Waals surface area contributed by atoms with E-state index in [0.717, 1.165) is 11.1 Å². The molecule has 1 aromatic carbocycles. The first kappa shape index (κ1) is 14.1. The molecule has 19 heavy (non-hydrogen) atoms. The average Bonchev–Trinajstić information content (AvgIpc) is 2.67. The summed E-state index contributed by atoms with van der Waals surface area (Å²) in [5.74, 6) is 0.306. The Hall–Kier alpha value is -1.36. The Morgan fingerprint density at radius 1 is 1.37 bits per heavy atom. The summed E-state index contributed by atoms with van der Waals surface area (Å²) in [5, 5.41) is 2.86. The number of hydrogen-bond acceptors (Lipinski definition) is 3. The van der Waals surface area contributed by atoms with Crippen molar-refractivity contribution >= 4 is 15.7 Å². The maximum absolute atomic E-state index is 11.8. The summed E-state index contributed by atoms with van der Waals surface area (Å²) >= 11 is 0. The van der Waals surface area contributed by atoms with E-state index in [2.05, 4.69) is 5.32 Å². The molecule has 1 aromatic rings. The van der Waals surface area contributed by atoms with Gasteiger partial charge in [0.2, 0.25) is 5.91 Å². The van der Waals surface area contributed by atoms with Gasteiger partial charge in [-0.15, -0.1) is 0 Å². The minimum atomic E-state index is -2.89. The summed E-state index contributed by atoms with van der Waals surface area (Å²) in [6, 6.07) is 7.89. The second kappa shape index (κ2) is 5.74. The van der Waals surface area contributed by atoms with Crippen molar-refractivity contribution in [3.05, 3.63) is 35.4 Å². The molecule has 0 aromatic heterocycles. The van der Waals surface area contributed by atoms with Crippen molar-refractivity contribution in [1.82, 2.24) is 5.32 Å². The van der Waals surface area contributed by atoms with Crippen LogP contribution in [0.5, 0.6) is 0 Å². The molecule has 0 spiro atoms. The molecule has 0 radical (unpaired) electrons. The van der Waals surface area contributed by atoms with Gasteiger partial charge in [0.05, 0.1) is 11.5 Å². The Balaban J connectivity index is 1.81. The monoisotopic (exact) mass is 281 g/mol. The lowest BCUT2D eigenvalue weighted by Crippen LogP contribution is -2.25. The Labute approximate surface area is 114 Å². The van der Waals surface area contributed by atoms with Crippen LogP contribution in [0.2, 0.25) is 0 Å². The maximum Gasteiger partial charge on any atom is 0.220 e. The van der Waals surface area contributed by atoms with Crippen LogP contribution >= 0.6 is 0 Å². The lowest BCUT2D eigenvalue weighted by atomic mass is 10.0. The van der Waals surface area contributed by atoms with Crippen molar-refractivity contribution in [2.45, 2.75) is 26.3 Å². The minimum absolute atomic E-state index is 0.0122. The fourth-order valence-corrected chi connectivity index (χ4v) is 4.23. The predicted octanol–water partition coefficient (Wildman–Crippen LogP) is 1.44. The van der Waals surface area contributed by atoms with Crippen LogP contribution in [0.3, 0.4) is 0 Å².